The van der Waals surface area contributed by atoms with Gasteiger partial charge in [0.25, 0.3) is 5.89 Å². The average Bonchev–Trinajstić information content (AvgIpc) is 3.07. The van der Waals surface area contributed by atoms with E-state index in [0.29, 0.717) is 5.56 Å². The number of phenolic OH excluding ortho intramolecular Hbond substituents is 1. The number of esters is 1. The second-order valence-corrected chi connectivity index (χ2v) is 5.60. The van der Waals surface area contributed by atoms with E-state index < -0.39 is 12.1 Å². The van der Waals surface area contributed by atoms with Gasteiger partial charge in [0.2, 0.25) is 5.89 Å². The molecule has 0 aliphatic carbocycles. The van der Waals surface area contributed by atoms with Crippen LogP contribution in [0.1, 0.15) is 29.3 Å². The molecular weight excluding hydrogens is 351 g/mol. The van der Waals surface area contributed by atoms with Gasteiger partial charge in [0, 0.05) is 10.6 Å². The van der Waals surface area contributed by atoms with Crippen LogP contribution in [-0.2, 0) is 4.74 Å². The van der Waals surface area contributed by atoms with Gasteiger partial charge in [-0.2, -0.15) is 0 Å². The summed E-state index contributed by atoms with van der Waals surface area (Å²) in [7, 11) is 0. The molecule has 0 fully saturated rings. The van der Waals surface area contributed by atoms with Crippen LogP contribution in [-0.4, -0.2) is 21.3 Å². The molecule has 2 aromatic carbocycles. The van der Waals surface area contributed by atoms with Crippen molar-refractivity contribution in [3.63, 3.8) is 0 Å². The summed E-state index contributed by atoms with van der Waals surface area (Å²) in [6.45, 7) is 1.54. The molecule has 3 rings (SSSR count). The van der Waals surface area contributed by atoms with Gasteiger partial charge in [-0.05, 0) is 49.4 Å². The van der Waals surface area contributed by atoms with E-state index >= 15 is 0 Å². The Hall–Kier alpha value is -2.93. The van der Waals surface area contributed by atoms with Crippen LogP contribution in [0.2, 0.25) is 5.02 Å². The molecule has 1 aromatic heterocycles. The molecule has 1 heterocycles. The first-order chi connectivity index (χ1) is 11.9. The van der Waals surface area contributed by atoms with Gasteiger partial charge in [0.05, 0.1) is 0 Å². The maximum Gasteiger partial charge on any atom is 0.342 e. The Kier molecular flexibility index (Phi) is 4.67. The first kappa shape index (κ1) is 16.9. The predicted molar refractivity (Wildman–Crippen MR) is 86.6 cm³/mol. The molecule has 25 heavy (non-hydrogen) atoms. The largest absolute Gasteiger partial charge is 0.507 e. The lowest BCUT2D eigenvalue weighted by atomic mass is 10.2. The Morgan fingerprint density at radius 1 is 1.24 bits per heavy atom. The topological polar surface area (TPSA) is 85.5 Å². The lowest BCUT2D eigenvalue weighted by Crippen LogP contribution is -2.09. The van der Waals surface area contributed by atoms with E-state index in [1.54, 1.807) is 6.92 Å². The highest BCUT2D eigenvalue weighted by Crippen LogP contribution is 2.26. The van der Waals surface area contributed by atoms with Gasteiger partial charge < -0.3 is 14.3 Å². The fourth-order valence-electron chi connectivity index (χ4n) is 2.05. The van der Waals surface area contributed by atoms with Gasteiger partial charge in [-0.25, -0.2) is 9.18 Å². The summed E-state index contributed by atoms with van der Waals surface area (Å²) in [5, 5.41) is 17.7. The van der Waals surface area contributed by atoms with Crippen molar-refractivity contribution in [1.82, 2.24) is 10.2 Å². The van der Waals surface area contributed by atoms with Gasteiger partial charge in [0.15, 0.2) is 6.10 Å². The highest BCUT2D eigenvalue weighted by molar-refractivity contribution is 6.31. The van der Waals surface area contributed by atoms with E-state index in [0.717, 1.165) is 0 Å². The lowest BCUT2D eigenvalue weighted by Gasteiger charge is -2.10. The lowest BCUT2D eigenvalue weighted by molar-refractivity contribution is 0.0276. The zero-order chi connectivity index (χ0) is 18.0. The Bertz CT molecular complexity index is 911. The zero-order valence-corrected chi connectivity index (χ0v) is 13.7. The van der Waals surface area contributed by atoms with Crippen LogP contribution in [0.25, 0.3) is 11.5 Å². The van der Waals surface area contributed by atoms with E-state index in [1.165, 1.54) is 42.5 Å². The van der Waals surface area contributed by atoms with Crippen molar-refractivity contribution >= 4 is 17.6 Å². The Balaban J connectivity index is 1.75. The molecule has 0 saturated heterocycles. The summed E-state index contributed by atoms with van der Waals surface area (Å²) in [5.74, 6) is -1.18. The first-order valence-electron chi connectivity index (χ1n) is 7.23. The van der Waals surface area contributed by atoms with Crippen LogP contribution >= 0.6 is 11.6 Å². The second kappa shape index (κ2) is 6.90. The smallest absolute Gasteiger partial charge is 0.342 e. The number of aromatic nitrogens is 2. The van der Waals surface area contributed by atoms with Gasteiger partial charge >= 0.3 is 5.97 Å². The Morgan fingerprint density at radius 2 is 1.96 bits per heavy atom. The fourth-order valence-corrected chi connectivity index (χ4v) is 2.23. The third-order valence-electron chi connectivity index (χ3n) is 3.34. The summed E-state index contributed by atoms with van der Waals surface area (Å²) < 4.78 is 23.6. The van der Waals surface area contributed by atoms with Crippen LogP contribution in [0.15, 0.2) is 46.9 Å². The third-order valence-corrected chi connectivity index (χ3v) is 3.58. The predicted octanol–water partition coefficient (Wildman–Crippen LogP) is 4.15. The summed E-state index contributed by atoms with van der Waals surface area (Å²) in [4.78, 5) is 12.1. The van der Waals surface area contributed by atoms with E-state index in [1.807, 2.05) is 0 Å². The van der Waals surface area contributed by atoms with Crippen molar-refractivity contribution < 1.29 is 23.4 Å². The van der Waals surface area contributed by atoms with Crippen molar-refractivity contribution in [1.29, 1.82) is 0 Å². The van der Waals surface area contributed by atoms with Crippen LogP contribution in [0.4, 0.5) is 4.39 Å². The molecule has 0 spiro atoms. The molecule has 128 valence electrons. The van der Waals surface area contributed by atoms with Crippen LogP contribution in [0, 0.1) is 5.82 Å². The summed E-state index contributed by atoms with van der Waals surface area (Å²) in [6.07, 6.45) is -0.854. The van der Waals surface area contributed by atoms with Crippen LogP contribution < -0.4 is 0 Å². The molecular formula is C17H12ClFN2O4. The minimum Gasteiger partial charge on any atom is -0.507 e. The molecule has 0 bridgehead atoms. The number of aromatic hydroxyl groups is 1. The Labute approximate surface area is 146 Å². The number of carbonyl (C=O) groups is 1. The molecule has 0 aliphatic heterocycles. The minimum absolute atomic E-state index is 0.0641. The SMILES string of the molecule is C[C@H](OC(=O)c1cc(Cl)ccc1O)c1nnc(-c2ccc(F)cc2)o1. The molecule has 1 N–H and O–H groups in total. The van der Waals surface area contributed by atoms with E-state index in [4.69, 9.17) is 20.8 Å². The average molecular weight is 363 g/mol. The number of ether oxygens (including phenoxy) is 1. The number of hydrogen-bond acceptors (Lipinski definition) is 6. The van der Waals surface area contributed by atoms with E-state index in [9.17, 15) is 14.3 Å². The number of nitrogens with zero attached hydrogens (tertiary/aromatic N) is 2. The summed E-state index contributed by atoms with van der Waals surface area (Å²) in [6, 6.07) is 9.56. The number of rotatable bonds is 4. The van der Waals surface area contributed by atoms with Gasteiger partial charge in [-0.15, -0.1) is 10.2 Å². The maximum atomic E-state index is 12.9. The highest BCUT2D eigenvalue weighted by atomic mass is 35.5. The normalized spacial score (nSPS) is 12.0. The molecule has 8 heteroatoms. The second-order valence-electron chi connectivity index (χ2n) is 5.16. The van der Waals surface area contributed by atoms with Gasteiger partial charge in [0.1, 0.15) is 17.1 Å². The molecule has 1 atom stereocenters. The van der Waals surface area contributed by atoms with Crippen LogP contribution in [0.5, 0.6) is 5.75 Å². The molecule has 3 aromatic rings. The molecule has 0 aliphatic rings. The quantitative estimate of drug-likeness (QED) is 0.701. The molecule has 0 radical (unpaired) electrons. The van der Waals surface area contributed by atoms with Crippen molar-refractivity contribution in [3.8, 4) is 17.2 Å². The van der Waals surface area contributed by atoms with Crippen molar-refractivity contribution in [3.05, 3.63) is 64.8 Å². The molecule has 0 saturated carbocycles. The number of phenols is 1. The summed E-state index contributed by atoms with van der Waals surface area (Å²) >= 11 is 5.81. The number of carbonyl (C=O) groups excluding carboxylic acids is 1. The number of halogens is 2. The fraction of sp³-hybridized carbons (Fsp3) is 0.118. The Morgan fingerprint density at radius 3 is 2.68 bits per heavy atom. The van der Waals surface area contributed by atoms with Gasteiger partial charge in [-0.3, -0.25) is 0 Å². The highest BCUT2D eigenvalue weighted by Gasteiger charge is 2.22. The van der Waals surface area contributed by atoms with Crippen molar-refractivity contribution in [2.75, 3.05) is 0 Å². The monoisotopic (exact) mass is 362 g/mol. The van der Waals surface area contributed by atoms with E-state index in [-0.39, 0.29) is 33.9 Å². The third kappa shape index (κ3) is 3.77. The van der Waals surface area contributed by atoms with Gasteiger partial charge in [-0.1, -0.05) is 11.6 Å². The van der Waals surface area contributed by atoms with Crippen molar-refractivity contribution in [2.45, 2.75) is 13.0 Å². The van der Waals surface area contributed by atoms with E-state index in [2.05, 4.69) is 10.2 Å². The molecule has 0 amide bonds. The molecule has 0 unspecified atom stereocenters. The zero-order valence-electron chi connectivity index (χ0n) is 12.9. The first-order valence-corrected chi connectivity index (χ1v) is 7.60. The van der Waals surface area contributed by atoms with Crippen LogP contribution in [0.3, 0.4) is 0 Å². The maximum absolute atomic E-state index is 12.9. The minimum atomic E-state index is -0.854. The summed E-state index contributed by atoms with van der Waals surface area (Å²) in [5.41, 5.74) is 0.462. The molecule has 6 nitrogen and oxygen atoms in total. The number of hydrogen-bond donors (Lipinski definition) is 1. The number of benzene rings is 2. The standard InChI is InChI=1S/C17H12ClFN2O4/c1-9(24-17(23)13-8-11(18)4-7-14(13)22)15-20-21-16(25-15)10-2-5-12(19)6-3-10/h2-9,22H,1H3/t9-/m0/s1. The van der Waals surface area contributed by atoms with Crippen molar-refractivity contribution in [2.24, 2.45) is 0 Å².